The third-order valence-corrected chi connectivity index (χ3v) is 6.71. The lowest BCUT2D eigenvalue weighted by atomic mass is 10.2. The van der Waals surface area contributed by atoms with E-state index in [9.17, 15) is 0 Å². The van der Waals surface area contributed by atoms with Crippen LogP contribution in [-0.4, -0.2) is 53.3 Å². The smallest absolute Gasteiger partial charge is 0.120 e. The molecule has 6 nitrogen and oxygen atoms in total. The first kappa shape index (κ1) is 36.5. The summed E-state index contributed by atoms with van der Waals surface area (Å²) in [5.74, 6) is 4.19. The molecule has 0 atom stereocenters. The second-order valence-corrected chi connectivity index (χ2v) is 13.6. The van der Waals surface area contributed by atoms with E-state index in [0.717, 1.165) is 0 Å². The molecule has 0 spiro atoms. The van der Waals surface area contributed by atoms with Crippen LogP contribution in [0.4, 0.5) is 0 Å². The minimum atomic E-state index is -0.446. The van der Waals surface area contributed by atoms with E-state index in [2.05, 4.69) is 97.1 Å². The monoisotopic (exact) mass is 493 g/mol. The third-order valence-electron chi connectivity index (χ3n) is 4.21. The Hall–Kier alpha value is -0.0900. The van der Waals surface area contributed by atoms with Crippen molar-refractivity contribution in [1.82, 2.24) is 14.0 Å². The zero-order chi connectivity index (χ0) is 24.7. The van der Waals surface area contributed by atoms with Gasteiger partial charge in [0.1, 0.15) is 8.37 Å². The summed E-state index contributed by atoms with van der Waals surface area (Å²) in [4.78, 5) is 1.50. The van der Waals surface area contributed by atoms with E-state index in [1.807, 2.05) is 0 Å². The highest BCUT2D eigenvalue weighted by Crippen LogP contribution is 2.50. The van der Waals surface area contributed by atoms with Gasteiger partial charge < -0.3 is 11.1 Å². The Morgan fingerprint density at radius 1 is 0.469 bits per heavy atom. The fraction of sp³-hybridized carbons (Fsp3) is 1.00. The molecule has 0 rings (SSSR count). The van der Waals surface area contributed by atoms with E-state index in [1.165, 1.54) is 44.2 Å². The molecule has 32 heavy (non-hydrogen) atoms. The second-order valence-electron chi connectivity index (χ2n) is 11.3. The summed E-state index contributed by atoms with van der Waals surface area (Å²) >= 11 is 0. The summed E-state index contributed by atoms with van der Waals surface area (Å²) in [5, 5.41) is 0. The molecule has 0 aliphatic heterocycles. The summed E-state index contributed by atoms with van der Waals surface area (Å²) in [5.41, 5.74) is 13.5. The van der Waals surface area contributed by atoms with E-state index >= 15 is 0 Å². The maximum Gasteiger partial charge on any atom is 0.120 e. The van der Waals surface area contributed by atoms with E-state index in [-0.39, 0.29) is 12.4 Å². The highest BCUT2D eigenvalue weighted by atomic mass is 35.5. The normalized spacial score (nSPS) is 12.1. The van der Waals surface area contributed by atoms with Gasteiger partial charge in [-0.3, -0.25) is 18.9 Å². The lowest BCUT2D eigenvalue weighted by Crippen LogP contribution is -2.44. The van der Waals surface area contributed by atoms with Gasteiger partial charge in [0.05, 0.1) is 0 Å². The van der Waals surface area contributed by atoms with Crippen LogP contribution in [0.1, 0.15) is 83.1 Å². The zero-order valence-corrected chi connectivity index (χ0v) is 25.0. The van der Waals surface area contributed by atoms with Gasteiger partial charge in [0.15, 0.2) is 0 Å². The van der Waals surface area contributed by atoms with Gasteiger partial charge in [-0.05, 0) is 35.5 Å². The van der Waals surface area contributed by atoms with Gasteiger partial charge in [0.25, 0.3) is 0 Å². The SMILES string of the molecule is CC(C)CN(CC(C)C)P(N(CC(C)C)CC(C)C)N(CC(C)C)CC(C)C.Cl.[N-]=[N+]=[N-]. The molecule has 0 aromatic rings. The molecular weight excluding hydrogens is 439 g/mol. The Kier molecular flexibility index (Phi) is 23.1. The van der Waals surface area contributed by atoms with Crippen molar-refractivity contribution in [3.63, 3.8) is 0 Å². The first-order chi connectivity index (χ1) is 14.2. The van der Waals surface area contributed by atoms with Crippen molar-refractivity contribution in [2.24, 2.45) is 35.5 Å². The maximum atomic E-state index is 6.75. The molecule has 0 N–H and O–H groups in total. The van der Waals surface area contributed by atoms with Crippen LogP contribution in [-0.2, 0) is 0 Å². The molecule has 194 valence electrons. The summed E-state index contributed by atoms with van der Waals surface area (Å²) in [6.45, 7) is 35.7. The van der Waals surface area contributed by atoms with Crippen molar-refractivity contribution in [3.8, 4) is 0 Å². The molecule has 0 fully saturated rings. The lowest BCUT2D eigenvalue weighted by molar-refractivity contribution is 0.244. The van der Waals surface area contributed by atoms with Gasteiger partial charge in [-0.1, -0.05) is 83.1 Å². The van der Waals surface area contributed by atoms with E-state index < -0.39 is 8.37 Å². The van der Waals surface area contributed by atoms with Gasteiger partial charge in [-0.15, -0.1) is 12.4 Å². The Balaban J connectivity index is -0.00000198. The molecule has 0 aromatic carbocycles. The number of halogens is 1. The lowest BCUT2D eigenvalue weighted by Gasteiger charge is -2.48. The van der Waals surface area contributed by atoms with Crippen LogP contribution in [0.2, 0.25) is 0 Å². The molecular formula is C24H55ClN6P-. The predicted molar refractivity (Wildman–Crippen MR) is 148 cm³/mol. The highest BCUT2D eigenvalue weighted by molar-refractivity contribution is 7.50. The Bertz CT molecular complexity index is 378. The molecule has 0 aliphatic rings. The second kappa shape index (κ2) is 20.3. The van der Waals surface area contributed by atoms with E-state index in [0.29, 0.717) is 35.5 Å². The molecule has 0 radical (unpaired) electrons. The first-order valence-electron chi connectivity index (χ1n) is 12.3. The number of hydrogen-bond donors (Lipinski definition) is 0. The van der Waals surface area contributed by atoms with Crippen molar-refractivity contribution in [3.05, 3.63) is 16.0 Å². The minimum Gasteiger partial charge on any atom is -0.373 e. The summed E-state index contributed by atoms with van der Waals surface area (Å²) in [7, 11) is -0.446. The van der Waals surface area contributed by atoms with Crippen LogP contribution in [0.5, 0.6) is 0 Å². The first-order valence-corrected chi connectivity index (χ1v) is 13.5. The zero-order valence-electron chi connectivity index (χ0n) is 23.2. The summed E-state index contributed by atoms with van der Waals surface area (Å²) in [6.07, 6.45) is 0. The largest absolute Gasteiger partial charge is 0.373 e. The Morgan fingerprint density at radius 2 is 0.594 bits per heavy atom. The van der Waals surface area contributed by atoms with Crippen LogP contribution in [0.15, 0.2) is 0 Å². The number of hydrogen-bond acceptors (Lipinski definition) is 3. The van der Waals surface area contributed by atoms with Gasteiger partial charge in [0, 0.05) is 39.3 Å². The van der Waals surface area contributed by atoms with Crippen molar-refractivity contribution in [1.29, 1.82) is 0 Å². The molecule has 0 aromatic heterocycles. The van der Waals surface area contributed by atoms with Gasteiger partial charge >= 0.3 is 0 Å². The Morgan fingerprint density at radius 3 is 0.688 bits per heavy atom. The number of rotatable bonds is 15. The van der Waals surface area contributed by atoms with Crippen molar-refractivity contribution in [2.75, 3.05) is 39.3 Å². The molecule has 0 amide bonds. The Labute approximate surface area is 208 Å². The molecule has 0 saturated carbocycles. The average Bonchev–Trinajstić information content (AvgIpc) is 2.51. The molecule has 0 saturated heterocycles. The fourth-order valence-electron chi connectivity index (χ4n) is 3.73. The standard InChI is InChI=1S/C24H54N3P.ClH.N3/c1-19(2)13-25(14-20(3)4)28(26(15-21(5)6)16-22(7)8)27(17-23(9)10)18-24(11)12;;1-3-2/h19-24H,13-18H2,1-12H3;1H;/q;;-1. The fourth-order valence-corrected chi connectivity index (χ4v) is 7.64. The topological polar surface area (TPSA) is 68.4 Å². The predicted octanol–water partition coefficient (Wildman–Crippen LogP) is 8.34. The van der Waals surface area contributed by atoms with Crippen molar-refractivity contribution >= 4 is 20.8 Å². The minimum absolute atomic E-state index is 0. The average molecular weight is 494 g/mol. The molecule has 0 bridgehead atoms. The van der Waals surface area contributed by atoms with E-state index in [1.54, 1.807) is 0 Å². The van der Waals surface area contributed by atoms with Crippen LogP contribution in [0.25, 0.3) is 16.0 Å². The highest BCUT2D eigenvalue weighted by Gasteiger charge is 2.33. The number of nitrogens with zero attached hydrogens (tertiary/aromatic N) is 6. The third kappa shape index (κ3) is 19.4. The molecule has 0 heterocycles. The van der Waals surface area contributed by atoms with Crippen molar-refractivity contribution < 1.29 is 0 Å². The van der Waals surface area contributed by atoms with Crippen LogP contribution in [0, 0.1) is 35.5 Å². The van der Waals surface area contributed by atoms with Crippen molar-refractivity contribution in [2.45, 2.75) is 83.1 Å². The van der Waals surface area contributed by atoms with Crippen LogP contribution < -0.4 is 0 Å². The molecule has 0 aliphatic carbocycles. The van der Waals surface area contributed by atoms with Gasteiger partial charge in [0.2, 0.25) is 0 Å². The molecule has 8 heteroatoms. The summed E-state index contributed by atoms with van der Waals surface area (Å²) in [6, 6.07) is 0. The van der Waals surface area contributed by atoms with Crippen LogP contribution in [0.3, 0.4) is 0 Å². The summed E-state index contributed by atoms with van der Waals surface area (Å²) < 4.78 is 8.58. The van der Waals surface area contributed by atoms with E-state index in [4.69, 9.17) is 11.1 Å². The van der Waals surface area contributed by atoms with Crippen LogP contribution >= 0.6 is 20.8 Å². The van der Waals surface area contributed by atoms with Gasteiger partial charge in [-0.2, -0.15) is 0 Å². The maximum absolute atomic E-state index is 6.75. The quantitative estimate of drug-likeness (QED) is 0.0995. The van der Waals surface area contributed by atoms with Gasteiger partial charge in [-0.25, -0.2) is 0 Å². The molecule has 0 unspecified atom stereocenters.